The number of hydrogen-bond acceptors (Lipinski definition) is 5. The van der Waals surface area contributed by atoms with E-state index in [0.717, 1.165) is 6.54 Å². The Morgan fingerprint density at radius 2 is 2.44 bits per heavy atom. The molecule has 0 saturated heterocycles. The van der Waals surface area contributed by atoms with Crippen molar-refractivity contribution in [3.05, 3.63) is 12.2 Å². The molecule has 1 amide bonds. The van der Waals surface area contributed by atoms with E-state index in [1.54, 1.807) is 6.33 Å². The first-order valence-corrected chi connectivity index (χ1v) is 5.77. The van der Waals surface area contributed by atoms with Crippen molar-refractivity contribution in [3.63, 3.8) is 0 Å². The minimum absolute atomic E-state index is 0.0306. The van der Waals surface area contributed by atoms with E-state index in [-0.39, 0.29) is 18.3 Å². The van der Waals surface area contributed by atoms with Gasteiger partial charge in [0.05, 0.1) is 6.54 Å². The molecule has 1 fully saturated rings. The smallest absolute Gasteiger partial charge is 0.234 e. The highest BCUT2D eigenvalue weighted by Crippen LogP contribution is 2.46. The molecule has 2 rings (SSSR count). The van der Waals surface area contributed by atoms with E-state index in [9.17, 15) is 4.79 Å². The lowest BCUT2D eigenvalue weighted by Gasteiger charge is -2.13. The van der Waals surface area contributed by atoms with Crippen LogP contribution >= 0.6 is 0 Å². The maximum absolute atomic E-state index is 12.0. The minimum atomic E-state index is -0.828. The van der Waals surface area contributed by atoms with Crippen molar-refractivity contribution >= 4 is 11.7 Å². The van der Waals surface area contributed by atoms with Gasteiger partial charge >= 0.3 is 0 Å². The van der Waals surface area contributed by atoms with Crippen molar-refractivity contribution < 1.29 is 10.0 Å². The fourth-order valence-electron chi connectivity index (χ4n) is 1.83. The van der Waals surface area contributed by atoms with E-state index < -0.39 is 5.41 Å². The SMILES string of the molecule is CCn1cnnc1CNC(=O)C1(C(N)=NO)CC1. The second kappa shape index (κ2) is 4.63. The van der Waals surface area contributed by atoms with E-state index in [0.29, 0.717) is 18.7 Å². The third-order valence-corrected chi connectivity index (χ3v) is 3.23. The molecule has 0 unspecified atom stereocenters. The first-order chi connectivity index (χ1) is 8.64. The van der Waals surface area contributed by atoms with Gasteiger partial charge < -0.3 is 20.8 Å². The van der Waals surface area contributed by atoms with Crippen molar-refractivity contribution in [2.24, 2.45) is 16.3 Å². The third kappa shape index (κ3) is 2.01. The van der Waals surface area contributed by atoms with Gasteiger partial charge in [-0.3, -0.25) is 4.79 Å². The number of oxime groups is 1. The van der Waals surface area contributed by atoms with Gasteiger partial charge in [0.1, 0.15) is 11.7 Å². The molecule has 1 aromatic heterocycles. The lowest BCUT2D eigenvalue weighted by Crippen LogP contribution is -2.40. The summed E-state index contributed by atoms with van der Waals surface area (Å²) in [7, 11) is 0. The van der Waals surface area contributed by atoms with Crippen LogP contribution in [0.4, 0.5) is 0 Å². The molecule has 1 aliphatic rings. The largest absolute Gasteiger partial charge is 0.409 e. The Balaban J connectivity index is 1.97. The van der Waals surface area contributed by atoms with Crippen LogP contribution in [0, 0.1) is 5.41 Å². The summed E-state index contributed by atoms with van der Waals surface area (Å²) >= 11 is 0. The van der Waals surface area contributed by atoms with Gasteiger partial charge in [0.2, 0.25) is 5.91 Å². The van der Waals surface area contributed by atoms with Gasteiger partial charge in [-0.05, 0) is 19.8 Å². The topological polar surface area (TPSA) is 118 Å². The van der Waals surface area contributed by atoms with Crippen molar-refractivity contribution in [1.82, 2.24) is 20.1 Å². The molecule has 0 spiro atoms. The maximum atomic E-state index is 12.0. The summed E-state index contributed by atoms with van der Waals surface area (Å²) in [5, 5.41) is 22.0. The summed E-state index contributed by atoms with van der Waals surface area (Å²) in [5.74, 6) is 0.418. The van der Waals surface area contributed by atoms with Gasteiger partial charge in [-0.25, -0.2) is 0 Å². The van der Waals surface area contributed by atoms with E-state index in [4.69, 9.17) is 10.9 Å². The fourth-order valence-corrected chi connectivity index (χ4v) is 1.83. The molecule has 18 heavy (non-hydrogen) atoms. The number of nitrogens with two attached hydrogens (primary N) is 1. The summed E-state index contributed by atoms with van der Waals surface area (Å²) in [6.07, 6.45) is 2.82. The zero-order chi connectivity index (χ0) is 13.2. The van der Waals surface area contributed by atoms with E-state index >= 15 is 0 Å². The predicted molar refractivity (Wildman–Crippen MR) is 62.6 cm³/mol. The number of aryl methyl sites for hydroxylation is 1. The number of amides is 1. The van der Waals surface area contributed by atoms with Crippen molar-refractivity contribution in [2.75, 3.05) is 0 Å². The van der Waals surface area contributed by atoms with Crippen LogP contribution in [0.2, 0.25) is 0 Å². The molecule has 0 bridgehead atoms. The van der Waals surface area contributed by atoms with Gasteiger partial charge in [-0.1, -0.05) is 5.16 Å². The Labute approximate surface area is 104 Å². The molecule has 1 heterocycles. The Hall–Kier alpha value is -2.12. The number of rotatable bonds is 5. The molecule has 0 radical (unpaired) electrons. The van der Waals surface area contributed by atoms with Crippen molar-refractivity contribution in [1.29, 1.82) is 0 Å². The highest BCUT2D eigenvalue weighted by atomic mass is 16.4. The standard InChI is InChI=1S/C10H16N6O2/c1-2-16-6-13-14-7(16)5-12-9(17)10(3-4-10)8(11)15-18/h6,18H,2-5H2,1H3,(H2,11,15)(H,12,17). The van der Waals surface area contributed by atoms with Gasteiger partial charge in [-0.2, -0.15) is 0 Å². The third-order valence-electron chi connectivity index (χ3n) is 3.23. The van der Waals surface area contributed by atoms with Crippen LogP contribution < -0.4 is 11.1 Å². The molecule has 8 nitrogen and oxygen atoms in total. The number of carbonyl (C=O) groups excluding carboxylic acids is 1. The molecular weight excluding hydrogens is 236 g/mol. The molecular formula is C10H16N6O2. The van der Waals surface area contributed by atoms with Gasteiger partial charge in [0.25, 0.3) is 0 Å². The number of nitrogens with zero attached hydrogens (tertiary/aromatic N) is 4. The fraction of sp³-hybridized carbons (Fsp3) is 0.600. The highest BCUT2D eigenvalue weighted by Gasteiger charge is 2.54. The van der Waals surface area contributed by atoms with Crippen LogP contribution in [0.15, 0.2) is 11.5 Å². The average Bonchev–Trinajstić information content (AvgIpc) is 3.08. The molecule has 1 saturated carbocycles. The van der Waals surface area contributed by atoms with Crippen LogP contribution in [-0.2, 0) is 17.9 Å². The Kier molecular flexibility index (Phi) is 3.17. The number of amidine groups is 1. The van der Waals surface area contributed by atoms with Gasteiger partial charge in [-0.15, -0.1) is 10.2 Å². The van der Waals surface area contributed by atoms with Gasteiger partial charge in [0, 0.05) is 6.54 Å². The number of nitrogens with one attached hydrogen (secondary N) is 1. The van der Waals surface area contributed by atoms with E-state index in [1.807, 2.05) is 11.5 Å². The highest BCUT2D eigenvalue weighted by molar-refractivity contribution is 6.09. The average molecular weight is 252 g/mol. The summed E-state index contributed by atoms with van der Waals surface area (Å²) in [4.78, 5) is 12.0. The predicted octanol–water partition coefficient (Wildman–Crippen LogP) is -0.559. The molecule has 8 heteroatoms. The second-order valence-electron chi connectivity index (χ2n) is 4.28. The monoisotopic (exact) mass is 252 g/mol. The zero-order valence-electron chi connectivity index (χ0n) is 10.1. The molecule has 98 valence electrons. The summed E-state index contributed by atoms with van der Waals surface area (Å²) in [6, 6.07) is 0. The lowest BCUT2D eigenvalue weighted by molar-refractivity contribution is -0.124. The quantitative estimate of drug-likeness (QED) is 0.281. The Bertz CT molecular complexity index is 476. The van der Waals surface area contributed by atoms with Crippen molar-refractivity contribution in [3.8, 4) is 0 Å². The van der Waals surface area contributed by atoms with Gasteiger partial charge in [0.15, 0.2) is 11.7 Å². The molecule has 0 atom stereocenters. The van der Waals surface area contributed by atoms with Crippen LogP contribution in [0.5, 0.6) is 0 Å². The van der Waals surface area contributed by atoms with Crippen LogP contribution in [0.1, 0.15) is 25.6 Å². The normalized spacial score (nSPS) is 17.5. The molecule has 1 aliphatic carbocycles. The molecule has 0 aromatic carbocycles. The minimum Gasteiger partial charge on any atom is -0.409 e. The molecule has 1 aromatic rings. The van der Waals surface area contributed by atoms with Crippen molar-refractivity contribution in [2.45, 2.75) is 32.9 Å². The number of aromatic nitrogens is 3. The molecule has 0 aliphatic heterocycles. The first-order valence-electron chi connectivity index (χ1n) is 5.77. The Morgan fingerprint density at radius 1 is 1.72 bits per heavy atom. The summed E-state index contributed by atoms with van der Waals surface area (Å²) < 4.78 is 1.84. The summed E-state index contributed by atoms with van der Waals surface area (Å²) in [6.45, 7) is 2.99. The first kappa shape index (κ1) is 12.3. The summed E-state index contributed by atoms with van der Waals surface area (Å²) in [5.41, 5.74) is 4.70. The Morgan fingerprint density at radius 3 is 3.00 bits per heavy atom. The number of carbonyl (C=O) groups is 1. The van der Waals surface area contributed by atoms with E-state index in [2.05, 4.69) is 20.7 Å². The molecule has 4 N–H and O–H groups in total. The van der Waals surface area contributed by atoms with Crippen LogP contribution in [0.25, 0.3) is 0 Å². The zero-order valence-corrected chi connectivity index (χ0v) is 10.1. The lowest BCUT2D eigenvalue weighted by atomic mass is 10.1. The second-order valence-corrected chi connectivity index (χ2v) is 4.28. The van der Waals surface area contributed by atoms with E-state index in [1.165, 1.54) is 0 Å². The van der Waals surface area contributed by atoms with Crippen LogP contribution in [0.3, 0.4) is 0 Å². The number of hydrogen-bond donors (Lipinski definition) is 3. The van der Waals surface area contributed by atoms with Crippen LogP contribution in [-0.4, -0.2) is 31.7 Å². The maximum Gasteiger partial charge on any atom is 0.234 e.